The lowest BCUT2D eigenvalue weighted by atomic mass is 9.59. The lowest BCUT2D eigenvalue weighted by Gasteiger charge is -2.41. The molecular weight excluding hydrogens is 432 g/mol. The van der Waals surface area contributed by atoms with E-state index in [1.807, 2.05) is 0 Å². The van der Waals surface area contributed by atoms with Crippen molar-refractivity contribution >= 4 is 35.8 Å². The SMILES string of the molecule is O=C(O)C(=C(C(=O)O)C1(C(=O)O)CCCC(C(=O)O)C1)C1(C(=O)O)CCC(C(=O)O)CC1. The van der Waals surface area contributed by atoms with Crippen LogP contribution in [-0.4, -0.2) is 66.5 Å². The molecule has 0 aromatic heterocycles. The molecule has 0 amide bonds. The number of carboxylic acid groups (broad SMARTS) is 6. The number of aliphatic carboxylic acids is 6. The van der Waals surface area contributed by atoms with Crippen molar-refractivity contribution in [3.63, 3.8) is 0 Å². The van der Waals surface area contributed by atoms with Crippen LogP contribution in [0.1, 0.15) is 51.4 Å². The molecule has 2 rings (SSSR count). The van der Waals surface area contributed by atoms with E-state index in [2.05, 4.69) is 0 Å². The Labute approximate surface area is 181 Å². The van der Waals surface area contributed by atoms with Crippen LogP contribution in [0.25, 0.3) is 0 Å². The summed E-state index contributed by atoms with van der Waals surface area (Å²) in [6, 6.07) is 0. The number of hydrogen-bond donors (Lipinski definition) is 6. The predicted octanol–water partition coefficient (Wildman–Crippen LogP) is 1.14. The van der Waals surface area contributed by atoms with E-state index in [0.29, 0.717) is 0 Å². The molecule has 0 heterocycles. The van der Waals surface area contributed by atoms with Gasteiger partial charge in [-0.25, -0.2) is 9.59 Å². The second-order valence-electron chi connectivity index (χ2n) is 8.38. The van der Waals surface area contributed by atoms with Crippen molar-refractivity contribution in [1.82, 2.24) is 0 Å². The summed E-state index contributed by atoms with van der Waals surface area (Å²) in [5.74, 6) is -12.1. The Kier molecular flexibility index (Phi) is 6.96. The van der Waals surface area contributed by atoms with E-state index in [9.17, 15) is 59.4 Å². The molecule has 0 aromatic rings. The summed E-state index contributed by atoms with van der Waals surface area (Å²) in [5, 5.41) is 58.3. The molecule has 12 nitrogen and oxygen atoms in total. The number of rotatable bonds is 8. The van der Waals surface area contributed by atoms with E-state index in [1.54, 1.807) is 0 Å². The van der Waals surface area contributed by atoms with Gasteiger partial charge in [-0.2, -0.15) is 0 Å². The zero-order chi connectivity index (χ0) is 24.4. The molecule has 2 atom stereocenters. The zero-order valence-electron chi connectivity index (χ0n) is 16.9. The number of carbonyl (C=O) groups is 6. The molecule has 2 unspecified atom stereocenters. The first kappa shape index (κ1) is 24.8. The maximum absolute atomic E-state index is 12.3. The van der Waals surface area contributed by atoms with Gasteiger partial charge in [0.15, 0.2) is 0 Å². The van der Waals surface area contributed by atoms with Crippen LogP contribution < -0.4 is 0 Å². The first-order valence-corrected chi connectivity index (χ1v) is 9.94. The fourth-order valence-electron chi connectivity index (χ4n) is 5.04. The highest BCUT2D eigenvalue weighted by Gasteiger charge is 2.57. The highest BCUT2D eigenvalue weighted by Crippen LogP contribution is 2.52. The van der Waals surface area contributed by atoms with Crippen molar-refractivity contribution in [2.75, 3.05) is 0 Å². The summed E-state index contributed by atoms with van der Waals surface area (Å²) in [5.41, 5.74) is -7.04. The highest BCUT2D eigenvalue weighted by atomic mass is 16.4. The summed E-state index contributed by atoms with van der Waals surface area (Å²) in [6.45, 7) is 0. The third kappa shape index (κ3) is 4.16. The average Bonchev–Trinajstić information content (AvgIpc) is 2.71. The number of carboxylic acids is 6. The minimum absolute atomic E-state index is 0.0197. The van der Waals surface area contributed by atoms with Crippen molar-refractivity contribution in [3.8, 4) is 0 Å². The van der Waals surface area contributed by atoms with Gasteiger partial charge in [-0.3, -0.25) is 19.2 Å². The molecule has 2 aliphatic carbocycles. The van der Waals surface area contributed by atoms with E-state index < -0.39 is 88.9 Å². The predicted molar refractivity (Wildman–Crippen MR) is 102 cm³/mol. The molecule has 32 heavy (non-hydrogen) atoms. The maximum Gasteiger partial charge on any atom is 0.333 e. The van der Waals surface area contributed by atoms with Crippen LogP contribution in [-0.2, 0) is 28.8 Å². The molecule has 12 heteroatoms. The Hall–Kier alpha value is -3.44. The quantitative estimate of drug-likeness (QED) is 0.283. The van der Waals surface area contributed by atoms with Gasteiger partial charge in [0.1, 0.15) is 10.8 Å². The lowest BCUT2D eigenvalue weighted by Crippen LogP contribution is -2.48. The normalized spacial score (nSPS) is 31.1. The van der Waals surface area contributed by atoms with Gasteiger partial charge in [-0.05, 0) is 44.9 Å². The minimum atomic E-state index is -2.42. The monoisotopic (exact) mass is 456 g/mol. The summed E-state index contributed by atoms with van der Waals surface area (Å²) < 4.78 is 0. The van der Waals surface area contributed by atoms with Crippen LogP contribution in [0.15, 0.2) is 11.1 Å². The zero-order valence-corrected chi connectivity index (χ0v) is 16.9. The van der Waals surface area contributed by atoms with Gasteiger partial charge in [-0.1, -0.05) is 6.42 Å². The van der Waals surface area contributed by atoms with Crippen molar-refractivity contribution in [2.24, 2.45) is 22.7 Å². The van der Waals surface area contributed by atoms with Crippen LogP contribution in [0.5, 0.6) is 0 Å². The van der Waals surface area contributed by atoms with Crippen LogP contribution in [0.2, 0.25) is 0 Å². The molecule has 0 radical (unpaired) electrons. The Morgan fingerprint density at radius 3 is 1.38 bits per heavy atom. The Balaban J connectivity index is 2.82. The second kappa shape index (κ2) is 8.97. The van der Waals surface area contributed by atoms with Crippen LogP contribution in [0.3, 0.4) is 0 Å². The van der Waals surface area contributed by atoms with E-state index >= 15 is 0 Å². The first-order chi connectivity index (χ1) is 14.8. The van der Waals surface area contributed by atoms with Crippen molar-refractivity contribution in [1.29, 1.82) is 0 Å². The molecule has 176 valence electrons. The molecule has 0 saturated heterocycles. The first-order valence-electron chi connectivity index (χ1n) is 9.94. The fourth-order valence-corrected chi connectivity index (χ4v) is 5.04. The van der Waals surface area contributed by atoms with Crippen LogP contribution in [0, 0.1) is 22.7 Å². The Bertz CT molecular complexity index is 892. The van der Waals surface area contributed by atoms with Gasteiger partial charge < -0.3 is 30.6 Å². The molecule has 0 aliphatic heterocycles. The van der Waals surface area contributed by atoms with Gasteiger partial charge in [-0.15, -0.1) is 0 Å². The van der Waals surface area contributed by atoms with Crippen LogP contribution in [0.4, 0.5) is 0 Å². The maximum atomic E-state index is 12.3. The van der Waals surface area contributed by atoms with E-state index in [-0.39, 0.29) is 32.1 Å². The summed E-state index contributed by atoms with van der Waals surface area (Å²) >= 11 is 0. The molecule has 2 saturated carbocycles. The third-order valence-electron chi connectivity index (χ3n) is 6.74. The van der Waals surface area contributed by atoms with Gasteiger partial charge >= 0.3 is 35.8 Å². The topological polar surface area (TPSA) is 224 Å². The molecule has 0 bridgehead atoms. The van der Waals surface area contributed by atoms with Gasteiger partial charge in [0.25, 0.3) is 0 Å². The van der Waals surface area contributed by atoms with Gasteiger partial charge in [0, 0.05) is 0 Å². The van der Waals surface area contributed by atoms with Crippen molar-refractivity contribution in [3.05, 3.63) is 11.1 Å². The van der Waals surface area contributed by atoms with Crippen molar-refractivity contribution in [2.45, 2.75) is 51.4 Å². The molecule has 6 N–H and O–H groups in total. The minimum Gasteiger partial charge on any atom is -0.481 e. The largest absolute Gasteiger partial charge is 0.481 e. The Morgan fingerprint density at radius 1 is 0.562 bits per heavy atom. The second-order valence-corrected chi connectivity index (χ2v) is 8.38. The fraction of sp³-hybridized carbons (Fsp3) is 0.600. The third-order valence-corrected chi connectivity index (χ3v) is 6.74. The molecule has 2 aliphatic rings. The summed E-state index contributed by atoms with van der Waals surface area (Å²) in [4.78, 5) is 71.9. The van der Waals surface area contributed by atoms with Crippen LogP contribution >= 0.6 is 0 Å². The Morgan fingerprint density at radius 2 is 1.00 bits per heavy atom. The molecule has 0 aromatic carbocycles. The standard InChI is InChI=1S/C20H24O12/c21-13(22)9-3-6-19(7-4-9,17(29)30)11(15(25)26)12(16(27)28)20(18(31)32)5-1-2-10(8-20)14(23)24/h9-10H,1-8H2,(H,21,22)(H,23,24)(H,25,26)(H,27,28)(H,29,30)(H,31,32). The summed E-state index contributed by atoms with van der Waals surface area (Å²) in [7, 11) is 0. The molecule has 0 spiro atoms. The van der Waals surface area contributed by atoms with E-state index in [4.69, 9.17) is 0 Å². The highest BCUT2D eigenvalue weighted by molar-refractivity contribution is 6.08. The van der Waals surface area contributed by atoms with E-state index in [0.717, 1.165) is 0 Å². The van der Waals surface area contributed by atoms with Gasteiger partial charge in [0.05, 0.1) is 23.0 Å². The van der Waals surface area contributed by atoms with Gasteiger partial charge in [0.2, 0.25) is 0 Å². The van der Waals surface area contributed by atoms with Crippen molar-refractivity contribution < 1.29 is 59.4 Å². The summed E-state index contributed by atoms with van der Waals surface area (Å²) in [6.07, 6.45) is -2.57. The average molecular weight is 456 g/mol. The lowest BCUT2D eigenvalue weighted by molar-refractivity contribution is -0.158. The van der Waals surface area contributed by atoms with E-state index in [1.165, 1.54) is 0 Å². The number of hydrogen-bond acceptors (Lipinski definition) is 6. The molecular formula is C20H24O12. The smallest absolute Gasteiger partial charge is 0.333 e. The molecule has 2 fully saturated rings.